The average molecular weight is 303 g/mol. The smallest absolute Gasteiger partial charge is 0.229 e. The maximum atomic E-state index is 12.2. The first-order valence-corrected chi connectivity index (χ1v) is 6.77. The highest BCUT2D eigenvalue weighted by atomic mass is 35.5. The lowest BCUT2D eigenvalue weighted by Crippen LogP contribution is -2.41. The van der Waals surface area contributed by atoms with Gasteiger partial charge in [-0.2, -0.15) is 0 Å². The van der Waals surface area contributed by atoms with Crippen molar-refractivity contribution in [2.75, 3.05) is 20.3 Å². The van der Waals surface area contributed by atoms with E-state index in [9.17, 15) is 4.79 Å². The number of carbonyl (C=O) groups excluding carboxylic acids is 1. The van der Waals surface area contributed by atoms with Crippen molar-refractivity contribution >= 4 is 29.1 Å². The van der Waals surface area contributed by atoms with Gasteiger partial charge >= 0.3 is 0 Å². The van der Waals surface area contributed by atoms with Gasteiger partial charge in [0.25, 0.3) is 0 Å². The van der Waals surface area contributed by atoms with Crippen LogP contribution in [-0.4, -0.2) is 37.1 Å². The van der Waals surface area contributed by atoms with Gasteiger partial charge in [-0.3, -0.25) is 4.79 Å². The molecule has 1 aliphatic rings. The fourth-order valence-electron chi connectivity index (χ4n) is 2.09. The number of hydrogen-bond donors (Lipinski definition) is 1. The number of rotatable bonds is 3. The first-order valence-electron chi connectivity index (χ1n) is 6.01. The van der Waals surface area contributed by atoms with E-state index in [1.807, 2.05) is 6.07 Å². The van der Waals surface area contributed by atoms with E-state index in [1.165, 1.54) is 0 Å². The van der Waals surface area contributed by atoms with E-state index in [1.54, 1.807) is 24.1 Å². The lowest BCUT2D eigenvalue weighted by molar-refractivity contribution is -0.135. The van der Waals surface area contributed by atoms with Gasteiger partial charge < -0.3 is 15.4 Å². The molecule has 0 radical (unpaired) electrons. The summed E-state index contributed by atoms with van der Waals surface area (Å²) in [6.45, 7) is 1.25. The van der Waals surface area contributed by atoms with Crippen LogP contribution in [0.3, 0.4) is 0 Å². The van der Waals surface area contributed by atoms with Crippen LogP contribution < -0.4 is 5.73 Å². The molecule has 2 unspecified atom stereocenters. The first-order chi connectivity index (χ1) is 8.99. The molecule has 6 heteroatoms. The SMILES string of the molecule is CN(Cc1ccc(Cl)cc1Cl)C(=O)C1COCC1N. The molecule has 0 aliphatic carbocycles. The van der Waals surface area contributed by atoms with Crippen molar-refractivity contribution < 1.29 is 9.53 Å². The Kier molecular flexibility index (Phi) is 4.68. The van der Waals surface area contributed by atoms with E-state index in [0.29, 0.717) is 29.8 Å². The lowest BCUT2D eigenvalue weighted by Gasteiger charge is -2.22. The minimum atomic E-state index is -0.268. The summed E-state index contributed by atoms with van der Waals surface area (Å²) >= 11 is 11.9. The van der Waals surface area contributed by atoms with Crippen molar-refractivity contribution in [1.82, 2.24) is 4.90 Å². The summed E-state index contributed by atoms with van der Waals surface area (Å²) in [5.74, 6) is -0.285. The van der Waals surface area contributed by atoms with Crippen molar-refractivity contribution in [1.29, 1.82) is 0 Å². The van der Waals surface area contributed by atoms with Crippen LogP contribution in [0.5, 0.6) is 0 Å². The van der Waals surface area contributed by atoms with Crippen LogP contribution in [0, 0.1) is 5.92 Å². The topological polar surface area (TPSA) is 55.6 Å². The van der Waals surface area contributed by atoms with E-state index in [-0.39, 0.29) is 17.9 Å². The van der Waals surface area contributed by atoms with Gasteiger partial charge in [-0.1, -0.05) is 29.3 Å². The van der Waals surface area contributed by atoms with Gasteiger partial charge in [0.15, 0.2) is 0 Å². The molecule has 4 nitrogen and oxygen atoms in total. The molecule has 0 spiro atoms. The Balaban J connectivity index is 2.04. The fourth-order valence-corrected chi connectivity index (χ4v) is 2.56. The van der Waals surface area contributed by atoms with Crippen molar-refractivity contribution in [2.45, 2.75) is 12.6 Å². The Labute approximate surface area is 122 Å². The molecule has 0 aromatic heterocycles. The molecule has 1 heterocycles. The van der Waals surface area contributed by atoms with Crippen molar-refractivity contribution in [2.24, 2.45) is 11.7 Å². The number of benzene rings is 1. The Morgan fingerprint density at radius 1 is 1.47 bits per heavy atom. The largest absolute Gasteiger partial charge is 0.379 e. The zero-order chi connectivity index (χ0) is 14.0. The second-order valence-electron chi connectivity index (χ2n) is 4.74. The molecule has 2 N–H and O–H groups in total. The third kappa shape index (κ3) is 3.39. The number of halogens is 2. The van der Waals surface area contributed by atoms with E-state index in [4.69, 9.17) is 33.7 Å². The minimum Gasteiger partial charge on any atom is -0.379 e. The first kappa shape index (κ1) is 14.6. The summed E-state index contributed by atoms with van der Waals surface area (Å²) in [5.41, 5.74) is 6.70. The van der Waals surface area contributed by atoms with Crippen LogP contribution in [0.2, 0.25) is 10.0 Å². The second kappa shape index (κ2) is 6.09. The predicted octanol–water partition coefficient (Wildman–Crippen LogP) is 1.93. The standard InChI is InChI=1S/C13H16Cl2N2O2/c1-17(13(18)10-6-19-7-12(10)16)5-8-2-3-9(14)4-11(8)15/h2-4,10,12H,5-7,16H2,1H3. The zero-order valence-electron chi connectivity index (χ0n) is 10.6. The second-order valence-corrected chi connectivity index (χ2v) is 5.58. The average Bonchev–Trinajstić information content (AvgIpc) is 2.78. The highest BCUT2D eigenvalue weighted by molar-refractivity contribution is 6.35. The number of carbonyl (C=O) groups is 1. The maximum Gasteiger partial charge on any atom is 0.229 e. The van der Waals surface area contributed by atoms with Crippen LogP contribution in [-0.2, 0) is 16.1 Å². The lowest BCUT2D eigenvalue weighted by atomic mass is 10.0. The van der Waals surface area contributed by atoms with Crippen LogP contribution >= 0.6 is 23.2 Å². The van der Waals surface area contributed by atoms with Gasteiger partial charge in [-0.15, -0.1) is 0 Å². The Hall–Kier alpha value is -0.810. The number of ether oxygens (including phenoxy) is 1. The van der Waals surface area contributed by atoms with Crippen LogP contribution in [0.4, 0.5) is 0 Å². The van der Waals surface area contributed by atoms with Crippen molar-refractivity contribution in [3.63, 3.8) is 0 Å². The molecule has 1 saturated heterocycles. The zero-order valence-corrected chi connectivity index (χ0v) is 12.1. The molecule has 19 heavy (non-hydrogen) atoms. The molecular formula is C13H16Cl2N2O2. The molecule has 1 fully saturated rings. The van der Waals surface area contributed by atoms with Crippen LogP contribution in [0.25, 0.3) is 0 Å². The van der Waals surface area contributed by atoms with E-state index in [0.717, 1.165) is 5.56 Å². The highest BCUT2D eigenvalue weighted by Gasteiger charge is 2.33. The normalized spacial score (nSPS) is 22.5. The third-order valence-corrected chi connectivity index (χ3v) is 3.83. The van der Waals surface area contributed by atoms with Crippen LogP contribution in [0.1, 0.15) is 5.56 Å². The van der Waals surface area contributed by atoms with Crippen molar-refractivity contribution in [3.05, 3.63) is 33.8 Å². The van der Waals surface area contributed by atoms with E-state index >= 15 is 0 Å². The fraction of sp³-hybridized carbons (Fsp3) is 0.462. The Bertz CT molecular complexity index is 482. The summed E-state index contributed by atoms with van der Waals surface area (Å²) in [5, 5.41) is 1.13. The van der Waals surface area contributed by atoms with E-state index < -0.39 is 0 Å². The number of amides is 1. The van der Waals surface area contributed by atoms with Gasteiger partial charge in [0.1, 0.15) is 0 Å². The van der Waals surface area contributed by atoms with Gasteiger partial charge in [-0.25, -0.2) is 0 Å². The van der Waals surface area contributed by atoms with Crippen LogP contribution in [0.15, 0.2) is 18.2 Å². The van der Waals surface area contributed by atoms with Crippen molar-refractivity contribution in [3.8, 4) is 0 Å². The maximum absolute atomic E-state index is 12.2. The molecule has 1 aromatic rings. The molecule has 1 amide bonds. The molecule has 0 saturated carbocycles. The highest BCUT2D eigenvalue weighted by Crippen LogP contribution is 2.23. The molecular weight excluding hydrogens is 287 g/mol. The molecule has 0 bridgehead atoms. The third-order valence-electron chi connectivity index (χ3n) is 3.24. The molecule has 104 valence electrons. The minimum absolute atomic E-state index is 0.0176. The summed E-state index contributed by atoms with van der Waals surface area (Å²) in [6, 6.07) is 5.02. The number of nitrogens with two attached hydrogens (primary N) is 1. The molecule has 2 atom stereocenters. The van der Waals surface area contributed by atoms with Gasteiger partial charge in [0.05, 0.1) is 19.1 Å². The summed E-state index contributed by atoms with van der Waals surface area (Å²) in [6.07, 6.45) is 0. The summed E-state index contributed by atoms with van der Waals surface area (Å²) in [4.78, 5) is 13.9. The Morgan fingerprint density at radius 3 is 2.79 bits per heavy atom. The molecule has 1 aliphatic heterocycles. The van der Waals surface area contributed by atoms with Gasteiger partial charge in [0, 0.05) is 29.7 Å². The predicted molar refractivity (Wildman–Crippen MR) is 75.2 cm³/mol. The van der Waals surface area contributed by atoms with E-state index in [2.05, 4.69) is 0 Å². The molecule has 2 rings (SSSR count). The van der Waals surface area contributed by atoms with Gasteiger partial charge in [0.2, 0.25) is 5.91 Å². The number of nitrogens with zero attached hydrogens (tertiary/aromatic N) is 1. The summed E-state index contributed by atoms with van der Waals surface area (Å²) in [7, 11) is 1.73. The monoisotopic (exact) mass is 302 g/mol. The number of hydrogen-bond acceptors (Lipinski definition) is 3. The quantitative estimate of drug-likeness (QED) is 0.928. The Morgan fingerprint density at radius 2 is 2.21 bits per heavy atom. The summed E-state index contributed by atoms with van der Waals surface area (Å²) < 4.78 is 5.21. The molecule has 1 aromatic carbocycles. The van der Waals surface area contributed by atoms with Gasteiger partial charge in [-0.05, 0) is 17.7 Å².